The Morgan fingerprint density at radius 2 is 2.25 bits per heavy atom. The molecule has 0 unspecified atom stereocenters. The van der Waals surface area contributed by atoms with Gasteiger partial charge in [-0.25, -0.2) is 4.79 Å². The van der Waals surface area contributed by atoms with Crippen LogP contribution in [0.15, 0.2) is 11.6 Å². The zero-order valence-corrected chi connectivity index (χ0v) is 6.91. The summed E-state index contributed by atoms with van der Waals surface area (Å²) in [5, 5.41) is 0. The molecule has 2 aliphatic rings. The lowest BCUT2D eigenvalue weighted by Crippen LogP contribution is -2.37. The number of esters is 1. The van der Waals surface area contributed by atoms with Gasteiger partial charge in [-0.1, -0.05) is 5.57 Å². The molecule has 1 aliphatic carbocycles. The van der Waals surface area contributed by atoms with Crippen molar-refractivity contribution in [1.82, 2.24) is 0 Å². The molecule has 66 valence electrons. The fourth-order valence-corrected chi connectivity index (χ4v) is 1.17. The van der Waals surface area contributed by atoms with Gasteiger partial charge in [0.2, 0.25) is 0 Å². The number of allylic oxidation sites excluding steroid dienone is 1. The molecule has 3 nitrogen and oxygen atoms in total. The Morgan fingerprint density at radius 3 is 2.67 bits per heavy atom. The first-order chi connectivity index (χ1) is 5.84. The van der Waals surface area contributed by atoms with Crippen LogP contribution in [0.2, 0.25) is 0 Å². The van der Waals surface area contributed by atoms with Gasteiger partial charge < -0.3 is 9.47 Å². The number of ether oxygens (including phenoxy) is 2. The summed E-state index contributed by atoms with van der Waals surface area (Å²) in [5.74, 6) is -0.196. The monoisotopic (exact) mass is 168 g/mol. The summed E-state index contributed by atoms with van der Waals surface area (Å²) in [6, 6.07) is 0. The van der Waals surface area contributed by atoms with Gasteiger partial charge in [-0.2, -0.15) is 0 Å². The van der Waals surface area contributed by atoms with Crippen molar-refractivity contribution in [2.24, 2.45) is 0 Å². The number of hydrogen-bond acceptors (Lipinski definition) is 3. The first kappa shape index (κ1) is 7.80. The number of hydrogen-bond donors (Lipinski definition) is 0. The molecular formula is C9H12O3. The van der Waals surface area contributed by atoms with Crippen LogP contribution in [-0.2, 0) is 14.3 Å². The third-order valence-corrected chi connectivity index (χ3v) is 2.21. The molecule has 0 radical (unpaired) electrons. The van der Waals surface area contributed by atoms with Gasteiger partial charge in [0.1, 0.15) is 6.10 Å². The molecule has 0 aromatic carbocycles. The van der Waals surface area contributed by atoms with Crippen molar-refractivity contribution < 1.29 is 14.3 Å². The SMILES string of the molecule is O=C(C=C1CCC1)OC1COC1. The zero-order valence-electron chi connectivity index (χ0n) is 6.91. The van der Waals surface area contributed by atoms with Crippen LogP contribution in [0.5, 0.6) is 0 Å². The average molecular weight is 168 g/mol. The molecule has 0 aromatic rings. The van der Waals surface area contributed by atoms with E-state index in [0.717, 1.165) is 12.8 Å². The van der Waals surface area contributed by atoms with Crippen molar-refractivity contribution in [2.75, 3.05) is 13.2 Å². The van der Waals surface area contributed by atoms with E-state index < -0.39 is 0 Å². The van der Waals surface area contributed by atoms with Crippen molar-refractivity contribution in [3.8, 4) is 0 Å². The maximum atomic E-state index is 11.1. The summed E-state index contributed by atoms with van der Waals surface area (Å²) in [4.78, 5) is 11.1. The van der Waals surface area contributed by atoms with Gasteiger partial charge in [0, 0.05) is 6.08 Å². The van der Waals surface area contributed by atoms with Crippen LogP contribution >= 0.6 is 0 Å². The molecule has 1 saturated heterocycles. The minimum atomic E-state index is -0.196. The van der Waals surface area contributed by atoms with E-state index in [1.54, 1.807) is 6.08 Å². The van der Waals surface area contributed by atoms with E-state index in [0.29, 0.717) is 13.2 Å². The van der Waals surface area contributed by atoms with E-state index >= 15 is 0 Å². The molecule has 2 fully saturated rings. The highest BCUT2D eigenvalue weighted by molar-refractivity contribution is 5.83. The highest BCUT2D eigenvalue weighted by atomic mass is 16.6. The first-order valence-electron chi connectivity index (χ1n) is 4.32. The molecule has 0 N–H and O–H groups in total. The van der Waals surface area contributed by atoms with E-state index in [1.807, 2.05) is 0 Å². The fraction of sp³-hybridized carbons (Fsp3) is 0.667. The fourth-order valence-electron chi connectivity index (χ4n) is 1.17. The first-order valence-corrected chi connectivity index (χ1v) is 4.32. The van der Waals surface area contributed by atoms with E-state index in [-0.39, 0.29) is 12.1 Å². The summed E-state index contributed by atoms with van der Waals surface area (Å²) < 4.78 is 9.94. The topological polar surface area (TPSA) is 35.5 Å². The quantitative estimate of drug-likeness (QED) is 0.456. The van der Waals surface area contributed by atoms with Crippen molar-refractivity contribution >= 4 is 5.97 Å². The van der Waals surface area contributed by atoms with Gasteiger partial charge in [0.05, 0.1) is 13.2 Å². The van der Waals surface area contributed by atoms with Crippen LogP contribution in [0.3, 0.4) is 0 Å². The lowest BCUT2D eigenvalue weighted by molar-refractivity contribution is -0.166. The summed E-state index contributed by atoms with van der Waals surface area (Å²) in [6.45, 7) is 1.13. The number of carbonyl (C=O) groups excluding carboxylic acids is 1. The second-order valence-corrected chi connectivity index (χ2v) is 3.25. The van der Waals surface area contributed by atoms with Gasteiger partial charge in [0.25, 0.3) is 0 Å². The molecule has 0 amide bonds. The largest absolute Gasteiger partial charge is 0.454 e. The van der Waals surface area contributed by atoms with Crippen LogP contribution in [0.4, 0.5) is 0 Å². The predicted molar refractivity (Wildman–Crippen MR) is 42.6 cm³/mol. The predicted octanol–water partition coefficient (Wildman–Crippen LogP) is 1.04. The molecule has 0 aromatic heterocycles. The highest BCUT2D eigenvalue weighted by Crippen LogP contribution is 2.25. The zero-order chi connectivity index (χ0) is 8.39. The Bertz CT molecular complexity index is 210. The highest BCUT2D eigenvalue weighted by Gasteiger charge is 2.22. The molecule has 3 heteroatoms. The van der Waals surface area contributed by atoms with Crippen LogP contribution in [-0.4, -0.2) is 25.3 Å². The molecule has 0 bridgehead atoms. The van der Waals surface area contributed by atoms with Crippen molar-refractivity contribution in [3.63, 3.8) is 0 Å². The van der Waals surface area contributed by atoms with Crippen LogP contribution in [0.1, 0.15) is 19.3 Å². The van der Waals surface area contributed by atoms with Crippen LogP contribution < -0.4 is 0 Å². The van der Waals surface area contributed by atoms with Gasteiger partial charge in [-0.15, -0.1) is 0 Å². The van der Waals surface area contributed by atoms with Gasteiger partial charge in [0.15, 0.2) is 0 Å². The smallest absolute Gasteiger partial charge is 0.331 e. The van der Waals surface area contributed by atoms with Crippen molar-refractivity contribution in [3.05, 3.63) is 11.6 Å². The normalized spacial score (nSPS) is 22.5. The number of carbonyl (C=O) groups is 1. The van der Waals surface area contributed by atoms with Gasteiger partial charge >= 0.3 is 5.97 Å². The van der Waals surface area contributed by atoms with Gasteiger partial charge in [-0.05, 0) is 19.3 Å². The summed E-state index contributed by atoms with van der Waals surface area (Å²) >= 11 is 0. The summed E-state index contributed by atoms with van der Waals surface area (Å²) in [6.07, 6.45) is 4.98. The molecule has 2 rings (SSSR count). The van der Waals surface area contributed by atoms with E-state index in [2.05, 4.69) is 0 Å². The van der Waals surface area contributed by atoms with Crippen molar-refractivity contribution in [1.29, 1.82) is 0 Å². The molecule has 1 aliphatic heterocycles. The summed E-state index contributed by atoms with van der Waals surface area (Å²) in [7, 11) is 0. The van der Waals surface area contributed by atoms with Gasteiger partial charge in [-0.3, -0.25) is 0 Å². The van der Waals surface area contributed by atoms with E-state index in [4.69, 9.17) is 9.47 Å². The molecule has 12 heavy (non-hydrogen) atoms. The Hall–Kier alpha value is -0.830. The standard InChI is InChI=1S/C9H12O3/c10-9(4-7-2-1-3-7)12-8-5-11-6-8/h4,8H,1-3,5-6H2. The Labute approximate surface area is 71.3 Å². The second kappa shape index (κ2) is 3.27. The average Bonchev–Trinajstić information content (AvgIpc) is 1.89. The maximum absolute atomic E-state index is 11.1. The van der Waals surface area contributed by atoms with Crippen LogP contribution in [0.25, 0.3) is 0 Å². The third kappa shape index (κ3) is 1.67. The Morgan fingerprint density at radius 1 is 1.50 bits per heavy atom. The number of rotatable bonds is 2. The summed E-state index contributed by atoms with van der Waals surface area (Å²) in [5.41, 5.74) is 1.22. The molecule has 0 atom stereocenters. The molecular weight excluding hydrogens is 156 g/mol. The third-order valence-electron chi connectivity index (χ3n) is 2.21. The van der Waals surface area contributed by atoms with Crippen LogP contribution in [0, 0.1) is 0 Å². The molecule has 0 spiro atoms. The Kier molecular flexibility index (Phi) is 2.13. The minimum absolute atomic E-state index is 0.00873. The maximum Gasteiger partial charge on any atom is 0.331 e. The minimum Gasteiger partial charge on any atom is -0.454 e. The lowest BCUT2D eigenvalue weighted by atomic mass is 9.92. The lowest BCUT2D eigenvalue weighted by Gasteiger charge is -2.25. The van der Waals surface area contributed by atoms with E-state index in [9.17, 15) is 4.79 Å². The Balaban J connectivity index is 1.75. The van der Waals surface area contributed by atoms with E-state index in [1.165, 1.54) is 12.0 Å². The second-order valence-electron chi connectivity index (χ2n) is 3.25. The molecule has 1 heterocycles. The molecule has 1 saturated carbocycles. The van der Waals surface area contributed by atoms with Crippen molar-refractivity contribution in [2.45, 2.75) is 25.4 Å².